The standard InChI is InChI=1S/C17H19NO2S/c1-12-5-7-14(8-6-12)13(2)18-17(20)10-9-15(19)16-4-3-11-21-16/h3-8,11,13H,9-10H2,1-2H3,(H,18,20). The highest BCUT2D eigenvalue weighted by atomic mass is 32.1. The fourth-order valence-electron chi connectivity index (χ4n) is 2.04. The number of hydrogen-bond donors (Lipinski definition) is 1. The van der Waals surface area contributed by atoms with Crippen molar-refractivity contribution in [3.8, 4) is 0 Å². The third-order valence-electron chi connectivity index (χ3n) is 3.33. The largest absolute Gasteiger partial charge is 0.350 e. The van der Waals surface area contributed by atoms with Gasteiger partial charge in [0.25, 0.3) is 0 Å². The molecule has 0 radical (unpaired) electrons. The number of amides is 1. The number of hydrogen-bond acceptors (Lipinski definition) is 3. The van der Waals surface area contributed by atoms with E-state index in [2.05, 4.69) is 5.32 Å². The molecule has 4 heteroatoms. The van der Waals surface area contributed by atoms with Gasteiger partial charge >= 0.3 is 0 Å². The van der Waals surface area contributed by atoms with Gasteiger partial charge in [0.15, 0.2) is 5.78 Å². The molecule has 110 valence electrons. The van der Waals surface area contributed by atoms with Crippen LogP contribution in [0.25, 0.3) is 0 Å². The van der Waals surface area contributed by atoms with Crippen LogP contribution in [0.4, 0.5) is 0 Å². The van der Waals surface area contributed by atoms with Crippen LogP contribution >= 0.6 is 11.3 Å². The normalized spacial score (nSPS) is 11.9. The number of ketones is 1. The van der Waals surface area contributed by atoms with Crippen molar-refractivity contribution >= 4 is 23.0 Å². The Morgan fingerprint density at radius 3 is 2.48 bits per heavy atom. The molecule has 0 spiro atoms. The van der Waals surface area contributed by atoms with Gasteiger partial charge in [-0.15, -0.1) is 11.3 Å². The van der Waals surface area contributed by atoms with Gasteiger partial charge in [-0.1, -0.05) is 35.9 Å². The molecule has 1 amide bonds. The van der Waals surface area contributed by atoms with Gasteiger partial charge in [0.1, 0.15) is 0 Å². The van der Waals surface area contributed by atoms with Gasteiger partial charge in [-0.2, -0.15) is 0 Å². The molecule has 21 heavy (non-hydrogen) atoms. The molecule has 1 atom stereocenters. The Labute approximate surface area is 129 Å². The highest BCUT2D eigenvalue weighted by molar-refractivity contribution is 7.12. The van der Waals surface area contributed by atoms with Crippen LogP contribution in [0.5, 0.6) is 0 Å². The lowest BCUT2D eigenvalue weighted by Crippen LogP contribution is -2.26. The third-order valence-corrected chi connectivity index (χ3v) is 4.24. The fourth-order valence-corrected chi connectivity index (χ4v) is 2.73. The molecule has 0 aliphatic rings. The molecule has 0 aliphatic carbocycles. The molecule has 1 aromatic heterocycles. The monoisotopic (exact) mass is 301 g/mol. The van der Waals surface area contributed by atoms with Crippen molar-refractivity contribution in [2.24, 2.45) is 0 Å². The number of Topliss-reactive ketones (excluding diaryl/α,β-unsaturated/α-hetero) is 1. The first-order valence-electron chi connectivity index (χ1n) is 6.99. The van der Waals surface area contributed by atoms with Gasteiger partial charge < -0.3 is 5.32 Å². The molecule has 0 bridgehead atoms. The Bertz CT molecular complexity index is 602. The molecule has 0 fully saturated rings. The zero-order valence-electron chi connectivity index (χ0n) is 12.3. The topological polar surface area (TPSA) is 46.2 Å². The van der Waals surface area contributed by atoms with E-state index in [9.17, 15) is 9.59 Å². The molecule has 1 N–H and O–H groups in total. The number of nitrogens with one attached hydrogen (secondary N) is 1. The molecule has 0 saturated carbocycles. The van der Waals surface area contributed by atoms with E-state index in [0.29, 0.717) is 0 Å². The van der Waals surface area contributed by atoms with E-state index >= 15 is 0 Å². The number of rotatable bonds is 6. The Balaban J connectivity index is 1.81. The van der Waals surface area contributed by atoms with Gasteiger partial charge in [-0.3, -0.25) is 9.59 Å². The van der Waals surface area contributed by atoms with Crippen molar-refractivity contribution in [2.45, 2.75) is 32.7 Å². The van der Waals surface area contributed by atoms with Crippen LogP contribution < -0.4 is 5.32 Å². The number of benzene rings is 1. The van der Waals surface area contributed by atoms with E-state index in [0.717, 1.165) is 10.4 Å². The first-order chi connectivity index (χ1) is 10.1. The van der Waals surface area contributed by atoms with Gasteiger partial charge in [-0.05, 0) is 30.9 Å². The first kappa shape index (κ1) is 15.4. The van der Waals surface area contributed by atoms with E-state index < -0.39 is 0 Å². The van der Waals surface area contributed by atoms with Crippen molar-refractivity contribution in [3.63, 3.8) is 0 Å². The second-order valence-corrected chi connectivity index (χ2v) is 6.05. The minimum atomic E-state index is -0.0898. The second-order valence-electron chi connectivity index (χ2n) is 5.10. The summed E-state index contributed by atoms with van der Waals surface area (Å²) in [6.07, 6.45) is 0.486. The molecular formula is C17H19NO2S. The summed E-state index contributed by atoms with van der Waals surface area (Å²) in [6, 6.07) is 11.7. The average Bonchev–Trinajstić information content (AvgIpc) is 2.99. The molecule has 0 saturated heterocycles. The van der Waals surface area contributed by atoms with Crippen molar-refractivity contribution in [2.75, 3.05) is 0 Å². The lowest BCUT2D eigenvalue weighted by Gasteiger charge is -2.14. The van der Waals surface area contributed by atoms with Crippen molar-refractivity contribution < 1.29 is 9.59 Å². The summed E-state index contributed by atoms with van der Waals surface area (Å²) in [7, 11) is 0. The number of aryl methyl sites for hydroxylation is 1. The molecule has 1 heterocycles. The van der Waals surface area contributed by atoms with Crippen molar-refractivity contribution in [1.82, 2.24) is 5.32 Å². The lowest BCUT2D eigenvalue weighted by atomic mass is 10.1. The summed E-state index contributed by atoms with van der Waals surface area (Å²) >= 11 is 1.41. The highest BCUT2D eigenvalue weighted by Crippen LogP contribution is 2.15. The minimum Gasteiger partial charge on any atom is -0.350 e. The highest BCUT2D eigenvalue weighted by Gasteiger charge is 2.12. The molecule has 3 nitrogen and oxygen atoms in total. The average molecular weight is 301 g/mol. The summed E-state index contributed by atoms with van der Waals surface area (Å²) < 4.78 is 0. The summed E-state index contributed by atoms with van der Waals surface area (Å²) in [5.74, 6) is -0.0591. The summed E-state index contributed by atoms with van der Waals surface area (Å²) in [5.41, 5.74) is 2.26. The van der Waals surface area contributed by atoms with Crippen LogP contribution in [0, 0.1) is 6.92 Å². The quantitative estimate of drug-likeness (QED) is 0.823. The zero-order valence-corrected chi connectivity index (χ0v) is 13.1. The van der Waals surface area contributed by atoms with Gasteiger partial charge in [0, 0.05) is 12.8 Å². The van der Waals surface area contributed by atoms with Crippen LogP contribution in [0.2, 0.25) is 0 Å². The predicted octanol–water partition coefficient (Wildman–Crippen LogP) is 3.90. The second kappa shape index (κ2) is 7.18. The van der Waals surface area contributed by atoms with Gasteiger partial charge in [0.05, 0.1) is 10.9 Å². The summed E-state index contributed by atoms with van der Waals surface area (Å²) in [6.45, 7) is 3.98. The Kier molecular flexibility index (Phi) is 5.28. The molecule has 2 rings (SSSR count). The van der Waals surface area contributed by atoms with Crippen LogP contribution in [0.1, 0.15) is 46.6 Å². The van der Waals surface area contributed by atoms with E-state index in [1.807, 2.05) is 49.6 Å². The SMILES string of the molecule is Cc1ccc(C(C)NC(=O)CCC(=O)c2cccs2)cc1. The molecular weight excluding hydrogens is 282 g/mol. The van der Waals surface area contributed by atoms with E-state index in [1.165, 1.54) is 16.9 Å². The third kappa shape index (κ3) is 4.53. The smallest absolute Gasteiger partial charge is 0.220 e. The van der Waals surface area contributed by atoms with Gasteiger partial charge in [-0.25, -0.2) is 0 Å². The van der Waals surface area contributed by atoms with E-state index in [-0.39, 0.29) is 30.6 Å². The lowest BCUT2D eigenvalue weighted by molar-refractivity contribution is -0.121. The van der Waals surface area contributed by atoms with E-state index in [1.54, 1.807) is 6.07 Å². The Morgan fingerprint density at radius 1 is 1.14 bits per heavy atom. The maximum absolute atomic E-state index is 11.9. The minimum absolute atomic E-state index is 0.0307. The molecule has 2 aromatic rings. The van der Waals surface area contributed by atoms with Crippen molar-refractivity contribution in [3.05, 3.63) is 57.8 Å². The maximum Gasteiger partial charge on any atom is 0.220 e. The Hall–Kier alpha value is -1.94. The van der Waals surface area contributed by atoms with Gasteiger partial charge in [0.2, 0.25) is 5.91 Å². The van der Waals surface area contributed by atoms with Crippen LogP contribution in [-0.2, 0) is 4.79 Å². The fraction of sp³-hybridized carbons (Fsp3) is 0.294. The van der Waals surface area contributed by atoms with E-state index in [4.69, 9.17) is 0 Å². The number of thiophene rings is 1. The van der Waals surface area contributed by atoms with Crippen LogP contribution in [0.3, 0.4) is 0 Å². The maximum atomic E-state index is 11.9. The molecule has 1 unspecified atom stereocenters. The number of carbonyl (C=O) groups excluding carboxylic acids is 2. The Morgan fingerprint density at radius 2 is 1.86 bits per heavy atom. The zero-order chi connectivity index (χ0) is 15.2. The first-order valence-corrected chi connectivity index (χ1v) is 7.87. The predicted molar refractivity (Wildman–Crippen MR) is 85.6 cm³/mol. The molecule has 0 aliphatic heterocycles. The summed E-state index contributed by atoms with van der Waals surface area (Å²) in [4.78, 5) is 24.5. The van der Waals surface area contributed by atoms with Crippen LogP contribution in [-0.4, -0.2) is 11.7 Å². The number of carbonyl (C=O) groups is 2. The van der Waals surface area contributed by atoms with Crippen LogP contribution in [0.15, 0.2) is 41.8 Å². The van der Waals surface area contributed by atoms with Crippen molar-refractivity contribution in [1.29, 1.82) is 0 Å². The molecule has 1 aromatic carbocycles. The summed E-state index contributed by atoms with van der Waals surface area (Å²) in [5, 5.41) is 4.80.